The Morgan fingerprint density at radius 3 is 2.90 bits per heavy atom. The van der Waals surface area contributed by atoms with E-state index in [0.717, 1.165) is 18.7 Å². The second-order valence-corrected chi connectivity index (χ2v) is 5.08. The zero-order valence-electron chi connectivity index (χ0n) is 12.4. The molecule has 2 rings (SSSR count). The third kappa shape index (κ3) is 3.98. The number of nitrogens with one attached hydrogen (secondary N) is 1. The van der Waals surface area contributed by atoms with E-state index in [4.69, 9.17) is 5.73 Å². The van der Waals surface area contributed by atoms with Gasteiger partial charge in [-0.05, 0) is 24.6 Å². The van der Waals surface area contributed by atoms with Gasteiger partial charge in [-0.2, -0.15) is 0 Å². The highest BCUT2D eigenvalue weighted by Gasteiger charge is 2.12. The van der Waals surface area contributed by atoms with Crippen LogP contribution in [0.3, 0.4) is 0 Å². The number of nitrogens with zero attached hydrogens (tertiary/aromatic N) is 3. The van der Waals surface area contributed by atoms with Gasteiger partial charge in [0.05, 0.1) is 11.9 Å². The summed E-state index contributed by atoms with van der Waals surface area (Å²) >= 11 is 0. The normalized spacial score (nSPS) is 10.4. The number of aromatic nitrogens is 2. The van der Waals surface area contributed by atoms with Gasteiger partial charge in [-0.1, -0.05) is 0 Å². The van der Waals surface area contributed by atoms with Gasteiger partial charge in [0.15, 0.2) is 0 Å². The van der Waals surface area contributed by atoms with Gasteiger partial charge < -0.3 is 20.5 Å². The molecule has 0 fully saturated rings. The molecule has 6 heteroatoms. The maximum Gasteiger partial charge on any atom is 0.253 e. The molecule has 0 aliphatic heterocycles. The number of benzene rings is 1. The Labute approximate surface area is 124 Å². The van der Waals surface area contributed by atoms with Crippen molar-refractivity contribution in [1.82, 2.24) is 14.9 Å². The van der Waals surface area contributed by atoms with E-state index in [1.54, 1.807) is 24.7 Å². The fraction of sp³-hybridized carbons (Fsp3) is 0.333. The van der Waals surface area contributed by atoms with Gasteiger partial charge >= 0.3 is 0 Å². The number of nitrogen functional groups attached to an aromatic ring is 1. The topological polar surface area (TPSA) is 76.2 Å². The molecule has 1 heterocycles. The van der Waals surface area contributed by atoms with Gasteiger partial charge in [0, 0.05) is 51.0 Å². The Balaban J connectivity index is 1.92. The van der Waals surface area contributed by atoms with Crippen molar-refractivity contribution in [2.24, 2.45) is 0 Å². The summed E-state index contributed by atoms with van der Waals surface area (Å²) in [4.78, 5) is 18.2. The standard InChI is InChI=1S/C15H21N5O/c1-19(2)14-5-4-12(16)10-13(14)15(21)18-6-3-8-20-9-7-17-11-20/h4-5,7,9-11H,3,6,8,16H2,1-2H3,(H,18,21). The largest absolute Gasteiger partial charge is 0.399 e. The summed E-state index contributed by atoms with van der Waals surface area (Å²) in [6.07, 6.45) is 6.27. The Kier molecular flexibility index (Phi) is 4.81. The van der Waals surface area contributed by atoms with Gasteiger partial charge in [-0.15, -0.1) is 0 Å². The average Bonchev–Trinajstić information content (AvgIpc) is 2.96. The van der Waals surface area contributed by atoms with Crippen molar-refractivity contribution < 1.29 is 4.79 Å². The molecule has 0 radical (unpaired) electrons. The number of aryl methyl sites for hydroxylation is 1. The van der Waals surface area contributed by atoms with Crippen LogP contribution >= 0.6 is 0 Å². The molecule has 0 spiro atoms. The molecule has 21 heavy (non-hydrogen) atoms. The van der Waals surface area contributed by atoms with Crippen LogP contribution in [0.2, 0.25) is 0 Å². The highest BCUT2D eigenvalue weighted by atomic mass is 16.1. The lowest BCUT2D eigenvalue weighted by molar-refractivity contribution is 0.0953. The lowest BCUT2D eigenvalue weighted by atomic mass is 10.1. The molecule has 2 aromatic rings. The minimum Gasteiger partial charge on any atom is -0.399 e. The summed E-state index contributed by atoms with van der Waals surface area (Å²) < 4.78 is 1.98. The lowest BCUT2D eigenvalue weighted by Gasteiger charge is -2.17. The van der Waals surface area contributed by atoms with Gasteiger partial charge in [0.25, 0.3) is 5.91 Å². The van der Waals surface area contributed by atoms with Crippen molar-refractivity contribution >= 4 is 17.3 Å². The number of imidazole rings is 1. The maximum atomic E-state index is 12.3. The number of carbonyl (C=O) groups is 1. The van der Waals surface area contributed by atoms with Crippen LogP contribution in [0.5, 0.6) is 0 Å². The first kappa shape index (κ1) is 14.9. The van der Waals surface area contributed by atoms with Crippen molar-refractivity contribution in [3.63, 3.8) is 0 Å². The minimum absolute atomic E-state index is 0.100. The molecule has 1 aromatic heterocycles. The van der Waals surface area contributed by atoms with Crippen molar-refractivity contribution in [3.8, 4) is 0 Å². The van der Waals surface area contributed by atoms with E-state index in [1.165, 1.54) is 0 Å². The number of hydrogen-bond donors (Lipinski definition) is 2. The smallest absolute Gasteiger partial charge is 0.253 e. The molecule has 0 saturated carbocycles. The molecule has 1 amide bonds. The van der Waals surface area contributed by atoms with Gasteiger partial charge in [0.2, 0.25) is 0 Å². The molecule has 3 N–H and O–H groups in total. The van der Waals surface area contributed by atoms with Gasteiger partial charge in [0.1, 0.15) is 0 Å². The molecule has 0 aliphatic carbocycles. The fourth-order valence-corrected chi connectivity index (χ4v) is 2.10. The SMILES string of the molecule is CN(C)c1ccc(N)cc1C(=O)NCCCn1ccnc1. The Bertz CT molecular complexity index is 592. The maximum absolute atomic E-state index is 12.3. The van der Waals surface area contributed by atoms with E-state index >= 15 is 0 Å². The predicted molar refractivity (Wildman–Crippen MR) is 84.4 cm³/mol. The number of hydrogen-bond acceptors (Lipinski definition) is 4. The second-order valence-electron chi connectivity index (χ2n) is 5.08. The van der Waals surface area contributed by atoms with Gasteiger partial charge in [-0.3, -0.25) is 4.79 Å². The molecule has 112 valence electrons. The zero-order chi connectivity index (χ0) is 15.2. The molecular formula is C15H21N5O. The van der Waals surface area contributed by atoms with Crippen molar-refractivity contribution in [2.75, 3.05) is 31.3 Å². The quantitative estimate of drug-likeness (QED) is 0.621. The lowest BCUT2D eigenvalue weighted by Crippen LogP contribution is -2.27. The van der Waals surface area contributed by atoms with Crippen LogP contribution in [0.15, 0.2) is 36.9 Å². The minimum atomic E-state index is -0.100. The van der Waals surface area contributed by atoms with E-state index in [9.17, 15) is 4.79 Å². The van der Waals surface area contributed by atoms with Crippen molar-refractivity contribution in [3.05, 3.63) is 42.5 Å². The Hall–Kier alpha value is -2.50. The summed E-state index contributed by atoms with van der Waals surface area (Å²) in [6.45, 7) is 1.44. The van der Waals surface area contributed by atoms with Crippen LogP contribution in [0.25, 0.3) is 0 Å². The van der Waals surface area contributed by atoms with Crippen LogP contribution in [-0.4, -0.2) is 36.1 Å². The van der Waals surface area contributed by atoms with E-state index < -0.39 is 0 Å². The summed E-state index contributed by atoms with van der Waals surface area (Å²) in [5.74, 6) is -0.100. The average molecular weight is 287 g/mol. The number of amides is 1. The summed E-state index contributed by atoms with van der Waals surface area (Å²) in [7, 11) is 3.81. The number of nitrogens with two attached hydrogens (primary N) is 1. The molecular weight excluding hydrogens is 266 g/mol. The molecule has 0 saturated heterocycles. The third-order valence-corrected chi connectivity index (χ3v) is 3.18. The molecule has 6 nitrogen and oxygen atoms in total. The van der Waals surface area contributed by atoms with Crippen molar-refractivity contribution in [2.45, 2.75) is 13.0 Å². The third-order valence-electron chi connectivity index (χ3n) is 3.18. The van der Waals surface area contributed by atoms with Crippen molar-refractivity contribution in [1.29, 1.82) is 0 Å². The van der Waals surface area contributed by atoms with Gasteiger partial charge in [-0.25, -0.2) is 4.98 Å². The number of carbonyl (C=O) groups excluding carboxylic acids is 1. The van der Waals surface area contributed by atoms with Crippen LogP contribution in [0, 0.1) is 0 Å². The molecule has 0 atom stereocenters. The first-order valence-electron chi connectivity index (χ1n) is 6.88. The molecule has 0 bridgehead atoms. The second kappa shape index (κ2) is 6.78. The summed E-state index contributed by atoms with van der Waals surface area (Å²) in [5.41, 5.74) is 7.82. The molecule has 1 aromatic carbocycles. The first-order valence-corrected chi connectivity index (χ1v) is 6.88. The highest BCUT2D eigenvalue weighted by Crippen LogP contribution is 2.21. The van der Waals surface area contributed by atoms with E-state index in [-0.39, 0.29) is 5.91 Å². The summed E-state index contributed by atoms with van der Waals surface area (Å²) in [6, 6.07) is 5.36. The van der Waals surface area contributed by atoms with Crippen LogP contribution in [-0.2, 0) is 6.54 Å². The van der Waals surface area contributed by atoms with E-state index in [1.807, 2.05) is 35.8 Å². The summed E-state index contributed by atoms with van der Waals surface area (Å²) in [5, 5.41) is 2.93. The van der Waals surface area contributed by atoms with Crippen LogP contribution in [0.4, 0.5) is 11.4 Å². The zero-order valence-corrected chi connectivity index (χ0v) is 12.4. The van der Waals surface area contributed by atoms with E-state index in [0.29, 0.717) is 17.8 Å². The Morgan fingerprint density at radius 2 is 2.24 bits per heavy atom. The van der Waals surface area contributed by atoms with Crippen LogP contribution in [0.1, 0.15) is 16.8 Å². The molecule has 0 unspecified atom stereocenters. The highest BCUT2D eigenvalue weighted by molar-refractivity contribution is 6.00. The molecule has 0 aliphatic rings. The Morgan fingerprint density at radius 1 is 1.43 bits per heavy atom. The number of anilines is 2. The predicted octanol–water partition coefficient (Wildman–Crippen LogP) is 1.35. The van der Waals surface area contributed by atoms with E-state index in [2.05, 4.69) is 10.3 Å². The monoisotopic (exact) mass is 287 g/mol. The van der Waals surface area contributed by atoms with Crippen LogP contribution < -0.4 is 16.0 Å². The first-order chi connectivity index (χ1) is 10.1. The number of rotatable bonds is 6. The fourth-order valence-electron chi connectivity index (χ4n) is 2.10.